The summed E-state index contributed by atoms with van der Waals surface area (Å²) >= 11 is 0. The number of hydrogen-bond donors (Lipinski definition) is 0. The van der Waals surface area contributed by atoms with E-state index in [1.807, 2.05) is 0 Å². The smallest absolute Gasteiger partial charge is 0.310 e. The average molecular weight is 257 g/mol. The Morgan fingerprint density at radius 1 is 1.22 bits per heavy atom. The zero-order valence-corrected chi connectivity index (χ0v) is 12.7. The maximum atomic E-state index is 12.0. The van der Waals surface area contributed by atoms with E-state index in [-0.39, 0.29) is 23.2 Å². The van der Waals surface area contributed by atoms with Gasteiger partial charge in [0.05, 0.1) is 13.0 Å². The third kappa shape index (κ3) is 5.52. The number of ether oxygens (including phenoxy) is 1. The van der Waals surface area contributed by atoms with Gasteiger partial charge in [0.1, 0.15) is 0 Å². The Balaban J connectivity index is 4.32. The molecule has 0 aromatic rings. The first kappa shape index (κ1) is 16.9. The first-order chi connectivity index (χ1) is 8.09. The topological polar surface area (TPSA) is 46.6 Å². The highest BCUT2D eigenvalue weighted by Gasteiger charge is 2.25. The maximum Gasteiger partial charge on any atom is 0.310 e. The van der Waals surface area contributed by atoms with Gasteiger partial charge in [-0.2, -0.15) is 0 Å². The molecule has 0 saturated carbocycles. The van der Waals surface area contributed by atoms with Crippen molar-refractivity contribution in [3.63, 3.8) is 0 Å². The van der Waals surface area contributed by atoms with Crippen LogP contribution in [0.5, 0.6) is 0 Å². The highest BCUT2D eigenvalue weighted by Crippen LogP contribution is 2.28. The Labute approximate surface area is 111 Å². The minimum Gasteiger partial charge on any atom is -0.469 e. The van der Waals surface area contributed by atoms with Gasteiger partial charge in [-0.15, -0.1) is 0 Å². The second kappa shape index (κ2) is 6.76. The number of carbonyl (C=O) groups excluding carboxylic acids is 2. The van der Waals surface area contributed by atoms with Gasteiger partial charge in [0.25, 0.3) is 0 Å². The van der Waals surface area contributed by atoms with Crippen LogP contribution in [0.4, 0.5) is 0 Å². The van der Waals surface area contributed by atoms with Gasteiger partial charge in [0, 0.05) is 20.0 Å². The molecule has 0 rings (SSSR count). The fraction of sp³-hybridized carbons (Fsp3) is 0.857. The van der Waals surface area contributed by atoms with E-state index in [1.165, 1.54) is 7.11 Å². The summed E-state index contributed by atoms with van der Waals surface area (Å²) in [6.07, 6.45) is 0.508. The summed E-state index contributed by atoms with van der Waals surface area (Å²) in [4.78, 5) is 24.9. The Bertz CT molecular complexity index is 294. The van der Waals surface area contributed by atoms with Crippen molar-refractivity contribution in [2.45, 2.75) is 41.0 Å². The van der Waals surface area contributed by atoms with Gasteiger partial charge < -0.3 is 9.64 Å². The van der Waals surface area contributed by atoms with Crippen LogP contribution < -0.4 is 0 Å². The highest BCUT2D eigenvalue weighted by atomic mass is 16.5. The zero-order chi connectivity index (χ0) is 14.5. The van der Waals surface area contributed by atoms with E-state index >= 15 is 0 Å². The van der Waals surface area contributed by atoms with Gasteiger partial charge in [-0.1, -0.05) is 34.6 Å². The van der Waals surface area contributed by atoms with Crippen LogP contribution in [0.1, 0.15) is 41.0 Å². The molecule has 2 unspecified atom stereocenters. The molecule has 0 aliphatic rings. The van der Waals surface area contributed by atoms with Gasteiger partial charge in [-0.25, -0.2) is 0 Å². The molecule has 0 bridgehead atoms. The van der Waals surface area contributed by atoms with Crippen LogP contribution in [-0.2, 0) is 14.3 Å². The van der Waals surface area contributed by atoms with Gasteiger partial charge in [0.2, 0.25) is 5.91 Å². The highest BCUT2D eigenvalue weighted by molar-refractivity contribution is 5.77. The molecule has 0 fully saturated rings. The largest absolute Gasteiger partial charge is 0.469 e. The van der Waals surface area contributed by atoms with E-state index in [1.54, 1.807) is 18.9 Å². The monoisotopic (exact) mass is 257 g/mol. The van der Waals surface area contributed by atoms with Crippen molar-refractivity contribution in [2.24, 2.45) is 17.3 Å². The molecule has 0 radical (unpaired) electrons. The summed E-state index contributed by atoms with van der Waals surface area (Å²) in [5, 5.41) is 0. The SMILES string of the molecule is COC(=O)C(C)CN(C)C(=O)CC(C)C(C)(C)C. The Kier molecular flexibility index (Phi) is 6.36. The van der Waals surface area contributed by atoms with Crippen LogP contribution >= 0.6 is 0 Å². The lowest BCUT2D eigenvalue weighted by Crippen LogP contribution is -2.36. The number of amides is 1. The quantitative estimate of drug-likeness (QED) is 0.710. The molecule has 0 spiro atoms. The number of carbonyl (C=O) groups is 2. The first-order valence-corrected chi connectivity index (χ1v) is 6.41. The maximum absolute atomic E-state index is 12.0. The Morgan fingerprint density at radius 2 is 1.72 bits per heavy atom. The number of nitrogens with zero attached hydrogens (tertiary/aromatic N) is 1. The lowest BCUT2D eigenvalue weighted by molar-refractivity contribution is -0.146. The number of hydrogen-bond acceptors (Lipinski definition) is 3. The molecule has 106 valence electrons. The molecular weight excluding hydrogens is 230 g/mol. The number of esters is 1. The third-order valence-electron chi connectivity index (χ3n) is 3.54. The summed E-state index contributed by atoms with van der Waals surface area (Å²) in [6, 6.07) is 0. The molecule has 0 heterocycles. The molecule has 0 N–H and O–H groups in total. The molecule has 0 aromatic carbocycles. The van der Waals surface area contributed by atoms with Gasteiger partial charge in [0.15, 0.2) is 0 Å². The molecule has 4 heteroatoms. The van der Waals surface area contributed by atoms with Gasteiger partial charge in [-0.05, 0) is 11.3 Å². The molecule has 4 nitrogen and oxygen atoms in total. The minimum absolute atomic E-state index is 0.0770. The van der Waals surface area contributed by atoms with Gasteiger partial charge in [-0.3, -0.25) is 9.59 Å². The van der Waals surface area contributed by atoms with Crippen molar-refractivity contribution >= 4 is 11.9 Å². The molecular formula is C14H27NO3. The first-order valence-electron chi connectivity index (χ1n) is 6.41. The van der Waals surface area contributed by atoms with E-state index in [0.29, 0.717) is 18.9 Å². The zero-order valence-electron chi connectivity index (χ0n) is 12.7. The van der Waals surface area contributed by atoms with E-state index in [4.69, 9.17) is 0 Å². The van der Waals surface area contributed by atoms with Crippen molar-refractivity contribution in [1.29, 1.82) is 0 Å². The van der Waals surface area contributed by atoms with E-state index in [0.717, 1.165) is 0 Å². The predicted octanol–water partition coefficient (Wildman–Crippen LogP) is 2.33. The van der Waals surface area contributed by atoms with Crippen LogP contribution in [0.3, 0.4) is 0 Å². The van der Waals surface area contributed by atoms with Gasteiger partial charge >= 0.3 is 5.97 Å². The second-order valence-corrected chi connectivity index (χ2v) is 6.17. The van der Waals surface area contributed by atoms with Crippen molar-refractivity contribution in [3.8, 4) is 0 Å². The summed E-state index contributed by atoms with van der Waals surface area (Å²) in [5.74, 6) is -0.179. The van der Waals surface area contributed by atoms with Crippen molar-refractivity contribution in [1.82, 2.24) is 4.90 Å². The van der Waals surface area contributed by atoms with E-state index in [2.05, 4.69) is 32.4 Å². The molecule has 0 aromatic heterocycles. The van der Waals surface area contributed by atoms with Crippen LogP contribution in [0.25, 0.3) is 0 Å². The molecule has 0 aliphatic heterocycles. The van der Waals surface area contributed by atoms with Crippen molar-refractivity contribution in [3.05, 3.63) is 0 Å². The molecule has 0 aliphatic carbocycles. The standard InChI is InChI=1S/C14H27NO3/c1-10(13(17)18-7)9-15(6)12(16)8-11(2)14(3,4)5/h10-11H,8-9H2,1-7H3. The Hall–Kier alpha value is -1.06. The summed E-state index contributed by atoms with van der Waals surface area (Å²) in [6.45, 7) is 10.6. The predicted molar refractivity (Wildman–Crippen MR) is 72.1 cm³/mol. The second-order valence-electron chi connectivity index (χ2n) is 6.17. The van der Waals surface area contributed by atoms with Crippen LogP contribution in [0, 0.1) is 17.3 Å². The summed E-state index contributed by atoms with van der Waals surface area (Å²) in [7, 11) is 3.10. The Morgan fingerprint density at radius 3 is 2.11 bits per heavy atom. The van der Waals surface area contributed by atoms with Crippen LogP contribution in [0.15, 0.2) is 0 Å². The van der Waals surface area contributed by atoms with E-state index in [9.17, 15) is 9.59 Å². The van der Waals surface area contributed by atoms with Crippen molar-refractivity contribution in [2.75, 3.05) is 20.7 Å². The summed E-state index contributed by atoms with van der Waals surface area (Å²) in [5.41, 5.74) is 0.116. The molecule has 0 saturated heterocycles. The van der Waals surface area contributed by atoms with Crippen LogP contribution in [0.2, 0.25) is 0 Å². The van der Waals surface area contributed by atoms with E-state index < -0.39 is 0 Å². The average Bonchev–Trinajstić information content (AvgIpc) is 2.26. The minimum atomic E-state index is -0.283. The fourth-order valence-electron chi connectivity index (χ4n) is 1.51. The van der Waals surface area contributed by atoms with Crippen LogP contribution in [-0.4, -0.2) is 37.5 Å². The number of rotatable bonds is 5. The third-order valence-corrected chi connectivity index (χ3v) is 3.54. The lowest BCUT2D eigenvalue weighted by atomic mass is 9.80. The number of methoxy groups -OCH3 is 1. The molecule has 2 atom stereocenters. The fourth-order valence-corrected chi connectivity index (χ4v) is 1.51. The molecule has 18 heavy (non-hydrogen) atoms. The summed E-state index contributed by atoms with van der Waals surface area (Å²) < 4.78 is 4.65. The van der Waals surface area contributed by atoms with Crippen molar-refractivity contribution < 1.29 is 14.3 Å². The normalized spacial score (nSPS) is 14.8. The molecule has 1 amide bonds. The lowest BCUT2D eigenvalue weighted by Gasteiger charge is -2.29.